The molecule has 1 unspecified atom stereocenters. The third-order valence-electron chi connectivity index (χ3n) is 5.99. The van der Waals surface area contributed by atoms with Gasteiger partial charge in [-0.1, -0.05) is 48.1 Å². The summed E-state index contributed by atoms with van der Waals surface area (Å²) in [5.41, 5.74) is 2.56. The Labute approximate surface area is 170 Å². The molecule has 0 spiro atoms. The van der Waals surface area contributed by atoms with Gasteiger partial charge in [0.2, 0.25) is 10.0 Å². The third kappa shape index (κ3) is 3.02. The van der Waals surface area contributed by atoms with E-state index in [1.807, 2.05) is 35.5 Å². The van der Waals surface area contributed by atoms with Crippen molar-refractivity contribution in [3.63, 3.8) is 0 Å². The fourth-order valence-electron chi connectivity index (χ4n) is 4.49. The molecule has 4 rings (SSSR count). The molecule has 1 aliphatic heterocycles. The third-order valence-corrected chi connectivity index (χ3v) is 9.22. The van der Waals surface area contributed by atoms with Crippen LogP contribution < -0.4 is 0 Å². The van der Waals surface area contributed by atoms with Gasteiger partial charge in [0.15, 0.2) is 0 Å². The average Bonchev–Trinajstić information content (AvgIpc) is 3.08. The first-order valence-electron chi connectivity index (χ1n) is 9.22. The van der Waals surface area contributed by atoms with E-state index < -0.39 is 14.8 Å². The first-order chi connectivity index (χ1) is 12.4. The Kier molecular flexibility index (Phi) is 4.90. The Hall–Kier alpha value is -0.920. The lowest BCUT2D eigenvalue weighted by Crippen LogP contribution is -2.49. The molecular weight excluding hydrogens is 457 g/mol. The van der Waals surface area contributed by atoms with Crippen LogP contribution in [0.3, 0.4) is 0 Å². The normalized spacial score (nSPS) is 31.7. The molecular formula is C21H24INO2S. The highest BCUT2D eigenvalue weighted by Gasteiger charge is 2.49. The molecule has 2 aliphatic carbocycles. The van der Waals surface area contributed by atoms with Crippen molar-refractivity contribution in [2.45, 2.75) is 49.3 Å². The van der Waals surface area contributed by atoms with E-state index in [-0.39, 0.29) is 12.0 Å². The van der Waals surface area contributed by atoms with Crippen LogP contribution in [-0.2, 0) is 10.0 Å². The minimum absolute atomic E-state index is 0.0232. The van der Waals surface area contributed by atoms with Crippen molar-refractivity contribution in [1.82, 2.24) is 4.31 Å². The number of sulfonamides is 1. The van der Waals surface area contributed by atoms with Gasteiger partial charge in [0, 0.05) is 16.0 Å². The Balaban J connectivity index is 1.72. The second-order valence-corrected chi connectivity index (χ2v) is 11.2. The average molecular weight is 481 g/mol. The fraction of sp³-hybridized carbons (Fsp3) is 0.429. The van der Waals surface area contributed by atoms with Gasteiger partial charge in [-0.25, -0.2) is 8.42 Å². The molecule has 0 N–H and O–H groups in total. The van der Waals surface area contributed by atoms with E-state index in [0.29, 0.717) is 13.0 Å². The van der Waals surface area contributed by atoms with Crippen molar-refractivity contribution in [1.29, 1.82) is 0 Å². The van der Waals surface area contributed by atoms with Crippen molar-refractivity contribution >= 4 is 32.6 Å². The number of rotatable bonds is 3. The van der Waals surface area contributed by atoms with E-state index in [4.69, 9.17) is 0 Å². The summed E-state index contributed by atoms with van der Waals surface area (Å²) in [5.74, 6) is 0.246. The van der Waals surface area contributed by atoms with Crippen LogP contribution in [0.25, 0.3) is 0 Å². The molecule has 1 heterocycles. The second-order valence-electron chi connectivity index (χ2n) is 7.63. The molecule has 3 atom stereocenters. The summed E-state index contributed by atoms with van der Waals surface area (Å²) in [6.07, 6.45) is 13.3. The zero-order valence-electron chi connectivity index (χ0n) is 14.9. The van der Waals surface area contributed by atoms with Gasteiger partial charge in [-0.2, -0.15) is 4.31 Å². The molecule has 138 valence electrons. The van der Waals surface area contributed by atoms with Crippen LogP contribution in [0.15, 0.2) is 60.2 Å². The quantitative estimate of drug-likeness (QED) is 0.461. The first kappa shape index (κ1) is 18.4. The van der Waals surface area contributed by atoms with Crippen molar-refractivity contribution in [3.8, 4) is 0 Å². The summed E-state index contributed by atoms with van der Waals surface area (Å²) < 4.78 is 29.4. The second kappa shape index (κ2) is 6.91. The van der Waals surface area contributed by atoms with Gasteiger partial charge in [0.25, 0.3) is 0 Å². The molecule has 0 aromatic heterocycles. The maximum atomic E-state index is 13.6. The monoisotopic (exact) mass is 481 g/mol. The van der Waals surface area contributed by atoms with Gasteiger partial charge in [0.05, 0.1) is 6.04 Å². The van der Waals surface area contributed by atoms with Gasteiger partial charge in [-0.05, 0) is 72.9 Å². The van der Waals surface area contributed by atoms with E-state index in [1.165, 1.54) is 14.7 Å². The van der Waals surface area contributed by atoms with Crippen LogP contribution in [0.1, 0.15) is 44.1 Å². The number of halogens is 1. The summed E-state index contributed by atoms with van der Waals surface area (Å²) in [7, 11) is -3.43. The van der Waals surface area contributed by atoms with Gasteiger partial charge in [-0.3, -0.25) is 0 Å². The van der Waals surface area contributed by atoms with Crippen LogP contribution in [0, 0.1) is 3.57 Å². The predicted octanol–water partition coefficient (Wildman–Crippen LogP) is 4.77. The summed E-state index contributed by atoms with van der Waals surface area (Å²) in [6, 6.07) is 8.56. The number of hydrogen-bond acceptors (Lipinski definition) is 2. The SMILES string of the molecule is CC1(S(=O)(=O)N2CCC3=CCC[C@@H](c4ccc(I)cc4)[C@@H]32)C=CC=CC1. The van der Waals surface area contributed by atoms with E-state index in [0.717, 1.165) is 19.3 Å². The Morgan fingerprint density at radius 3 is 2.65 bits per heavy atom. The highest BCUT2D eigenvalue weighted by atomic mass is 127. The summed E-state index contributed by atoms with van der Waals surface area (Å²) >= 11 is 2.31. The summed E-state index contributed by atoms with van der Waals surface area (Å²) in [4.78, 5) is 0. The largest absolute Gasteiger partial charge is 0.224 e. The number of allylic oxidation sites excluding steroid dienone is 4. The van der Waals surface area contributed by atoms with Gasteiger partial charge in [-0.15, -0.1) is 0 Å². The molecule has 3 aliphatic rings. The highest BCUT2D eigenvalue weighted by Crippen LogP contribution is 2.45. The number of benzene rings is 1. The molecule has 0 bridgehead atoms. The number of hydrogen-bond donors (Lipinski definition) is 0. The van der Waals surface area contributed by atoms with E-state index >= 15 is 0 Å². The lowest BCUT2D eigenvalue weighted by Gasteiger charge is -2.39. The molecule has 26 heavy (non-hydrogen) atoms. The number of fused-ring (bicyclic) bond motifs is 1. The molecule has 1 aromatic rings. The molecule has 1 saturated heterocycles. The molecule has 5 heteroatoms. The minimum atomic E-state index is -3.43. The lowest BCUT2D eigenvalue weighted by atomic mass is 9.80. The van der Waals surface area contributed by atoms with Crippen molar-refractivity contribution < 1.29 is 8.42 Å². The predicted molar refractivity (Wildman–Crippen MR) is 115 cm³/mol. The van der Waals surface area contributed by atoms with Crippen molar-refractivity contribution in [2.75, 3.05) is 6.54 Å². The van der Waals surface area contributed by atoms with Crippen LogP contribution in [0.2, 0.25) is 0 Å². The van der Waals surface area contributed by atoms with Crippen molar-refractivity contribution in [2.24, 2.45) is 0 Å². The van der Waals surface area contributed by atoms with Gasteiger partial charge < -0.3 is 0 Å². The van der Waals surface area contributed by atoms with E-state index in [1.54, 1.807) is 0 Å². The minimum Gasteiger partial charge on any atom is -0.211 e. The topological polar surface area (TPSA) is 37.4 Å². The Morgan fingerprint density at radius 1 is 1.19 bits per heavy atom. The van der Waals surface area contributed by atoms with E-state index in [2.05, 4.69) is 52.9 Å². The van der Waals surface area contributed by atoms with Crippen LogP contribution in [0.4, 0.5) is 0 Å². The van der Waals surface area contributed by atoms with Crippen molar-refractivity contribution in [3.05, 3.63) is 69.4 Å². The van der Waals surface area contributed by atoms with Gasteiger partial charge in [0.1, 0.15) is 4.75 Å². The zero-order chi connectivity index (χ0) is 18.4. The summed E-state index contributed by atoms with van der Waals surface area (Å²) in [6.45, 7) is 2.46. The van der Waals surface area contributed by atoms with Crippen LogP contribution in [-0.4, -0.2) is 30.1 Å². The molecule has 0 amide bonds. The summed E-state index contributed by atoms with van der Waals surface area (Å²) in [5, 5.41) is 0. The zero-order valence-corrected chi connectivity index (χ0v) is 17.9. The molecule has 0 radical (unpaired) electrons. The Morgan fingerprint density at radius 2 is 1.96 bits per heavy atom. The van der Waals surface area contributed by atoms with Gasteiger partial charge >= 0.3 is 0 Å². The Bertz CT molecular complexity index is 885. The maximum absolute atomic E-state index is 13.6. The highest BCUT2D eigenvalue weighted by molar-refractivity contribution is 14.1. The fourth-order valence-corrected chi connectivity index (χ4v) is 6.86. The molecule has 0 saturated carbocycles. The van der Waals surface area contributed by atoms with E-state index in [9.17, 15) is 8.42 Å². The first-order valence-corrected chi connectivity index (χ1v) is 11.7. The standard InChI is InChI=1S/C21H24INO2S/c1-21(13-3-2-4-14-21)26(24,25)23-15-12-17-6-5-7-19(20(17)23)16-8-10-18(22)11-9-16/h2-4,6,8-11,13,19-20H,5,7,12,14-15H2,1H3/t19-,20+,21?/m0/s1. The molecule has 1 fully saturated rings. The van der Waals surface area contributed by atoms with Crippen LogP contribution in [0.5, 0.6) is 0 Å². The van der Waals surface area contributed by atoms with Crippen LogP contribution >= 0.6 is 22.6 Å². The lowest BCUT2D eigenvalue weighted by molar-refractivity contribution is 0.337. The number of nitrogens with zero attached hydrogens (tertiary/aromatic N) is 1. The smallest absolute Gasteiger partial charge is 0.211 e. The molecule has 1 aromatic carbocycles. The molecule has 3 nitrogen and oxygen atoms in total. The maximum Gasteiger partial charge on any atom is 0.224 e.